The molecule has 12 rings (SSSR count). The summed E-state index contributed by atoms with van der Waals surface area (Å²) in [7, 11) is 0. The van der Waals surface area contributed by atoms with Gasteiger partial charge in [-0.2, -0.15) is 0 Å². The summed E-state index contributed by atoms with van der Waals surface area (Å²) in [6.07, 6.45) is 0. The average molecular weight is 806 g/mol. The Balaban J connectivity index is 0.977. The van der Waals surface area contributed by atoms with Crippen molar-refractivity contribution in [2.45, 2.75) is 38.5 Å². The van der Waals surface area contributed by atoms with Gasteiger partial charge in [-0.3, -0.25) is 0 Å². The molecule has 10 aromatic carbocycles. The van der Waals surface area contributed by atoms with E-state index in [1.165, 1.54) is 99.4 Å². The fourth-order valence-electron chi connectivity index (χ4n) is 11.1. The van der Waals surface area contributed by atoms with E-state index < -0.39 is 0 Å². The predicted molar refractivity (Wildman–Crippen MR) is 268 cm³/mol. The van der Waals surface area contributed by atoms with Crippen LogP contribution in [0.3, 0.4) is 0 Å². The van der Waals surface area contributed by atoms with E-state index in [0.717, 1.165) is 17.1 Å². The minimum atomic E-state index is -0.151. The lowest BCUT2D eigenvalue weighted by molar-refractivity contribution is 0.660. The molecule has 0 aromatic heterocycles. The Morgan fingerprint density at radius 1 is 0.302 bits per heavy atom. The third-order valence-corrected chi connectivity index (χ3v) is 14.3. The Bertz CT molecular complexity index is 3440. The van der Waals surface area contributed by atoms with Gasteiger partial charge in [-0.25, -0.2) is 0 Å². The number of fused-ring (bicyclic) bond motifs is 9. The molecule has 0 saturated heterocycles. The molecule has 1 nitrogen and oxygen atoms in total. The van der Waals surface area contributed by atoms with Crippen molar-refractivity contribution in [2.24, 2.45) is 0 Å². The Hall–Kier alpha value is -7.48. The highest BCUT2D eigenvalue weighted by atomic mass is 15.1. The lowest BCUT2D eigenvalue weighted by atomic mass is 9.78. The first-order valence-corrected chi connectivity index (χ1v) is 22.3. The van der Waals surface area contributed by atoms with Crippen molar-refractivity contribution in [1.82, 2.24) is 0 Å². The van der Waals surface area contributed by atoms with Gasteiger partial charge >= 0.3 is 0 Å². The molecule has 0 spiro atoms. The number of rotatable bonds is 6. The first kappa shape index (κ1) is 37.3. The molecule has 0 heterocycles. The summed E-state index contributed by atoms with van der Waals surface area (Å²) < 4.78 is 0. The number of hydrogen-bond acceptors (Lipinski definition) is 1. The van der Waals surface area contributed by atoms with E-state index in [9.17, 15) is 0 Å². The molecular weight excluding hydrogens is 759 g/mol. The van der Waals surface area contributed by atoms with Crippen molar-refractivity contribution in [1.29, 1.82) is 0 Å². The van der Waals surface area contributed by atoms with Gasteiger partial charge in [-0.1, -0.05) is 198 Å². The summed E-state index contributed by atoms with van der Waals surface area (Å²) in [6.45, 7) is 9.48. The first-order chi connectivity index (χ1) is 30.8. The summed E-state index contributed by atoms with van der Waals surface area (Å²) >= 11 is 0. The second-order valence-corrected chi connectivity index (χ2v) is 18.5. The van der Waals surface area contributed by atoms with Crippen molar-refractivity contribution < 1.29 is 0 Å². The van der Waals surface area contributed by atoms with Gasteiger partial charge in [-0.05, 0) is 136 Å². The zero-order valence-corrected chi connectivity index (χ0v) is 36.2. The van der Waals surface area contributed by atoms with Crippen LogP contribution in [-0.2, 0) is 10.8 Å². The largest absolute Gasteiger partial charge is 0.310 e. The molecule has 0 aliphatic heterocycles. The van der Waals surface area contributed by atoms with Crippen LogP contribution in [0.1, 0.15) is 49.9 Å². The lowest BCUT2D eigenvalue weighted by Crippen LogP contribution is -2.17. The molecule has 0 atom stereocenters. The van der Waals surface area contributed by atoms with Crippen LogP contribution in [0, 0.1) is 0 Å². The highest BCUT2D eigenvalue weighted by molar-refractivity contribution is 6.08. The Morgan fingerprint density at radius 3 is 1.49 bits per heavy atom. The van der Waals surface area contributed by atoms with Crippen molar-refractivity contribution in [3.05, 3.63) is 235 Å². The van der Waals surface area contributed by atoms with Crippen LogP contribution < -0.4 is 4.90 Å². The monoisotopic (exact) mass is 805 g/mol. The van der Waals surface area contributed by atoms with Gasteiger partial charge < -0.3 is 4.90 Å². The van der Waals surface area contributed by atoms with Crippen molar-refractivity contribution in [3.8, 4) is 55.6 Å². The van der Waals surface area contributed by atoms with Crippen molar-refractivity contribution in [2.75, 3.05) is 4.90 Å². The summed E-state index contributed by atoms with van der Waals surface area (Å²) in [5, 5.41) is 5.10. The zero-order chi connectivity index (χ0) is 42.5. The van der Waals surface area contributed by atoms with Gasteiger partial charge in [0.25, 0.3) is 0 Å². The minimum absolute atomic E-state index is 0.0523. The van der Waals surface area contributed by atoms with Gasteiger partial charge in [0.15, 0.2) is 0 Å². The van der Waals surface area contributed by atoms with Crippen molar-refractivity contribution >= 4 is 38.6 Å². The van der Waals surface area contributed by atoms with Gasteiger partial charge in [0.2, 0.25) is 0 Å². The van der Waals surface area contributed by atoms with Crippen LogP contribution in [-0.4, -0.2) is 0 Å². The average Bonchev–Trinajstić information content (AvgIpc) is 3.71. The third-order valence-electron chi connectivity index (χ3n) is 14.3. The maximum absolute atomic E-state index is 2.45. The van der Waals surface area contributed by atoms with Crippen LogP contribution >= 0.6 is 0 Å². The van der Waals surface area contributed by atoms with Crippen LogP contribution in [0.5, 0.6) is 0 Å². The SMILES string of the molecule is CC1(C)c2ccccc2-c2ccc(-c3ccc(N(c4ccc(-c5ccc6c(ccc7ccccc76)c5)cc4)c4ccccc4-c4cccc5c4C(C)(C)c4ccccc4-5)cc3)cc21. The molecule has 63 heavy (non-hydrogen) atoms. The van der Waals surface area contributed by atoms with E-state index in [-0.39, 0.29) is 10.8 Å². The van der Waals surface area contributed by atoms with Crippen LogP contribution in [0.25, 0.3) is 77.2 Å². The molecule has 0 saturated carbocycles. The van der Waals surface area contributed by atoms with E-state index in [0.29, 0.717) is 0 Å². The zero-order valence-electron chi connectivity index (χ0n) is 36.2. The summed E-state index contributed by atoms with van der Waals surface area (Å²) in [6, 6.07) is 79.1. The molecule has 0 N–H and O–H groups in total. The predicted octanol–water partition coefficient (Wildman–Crippen LogP) is 17.1. The molecule has 0 unspecified atom stereocenters. The van der Waals surface area contributed by atoms with Crippen LogP contribution in [0.4, 0.5) is 17.1 Å². The quantitative estimate of drug-likeness (QED) is 0.151. The van der Waals surface area contributed by atoms with Crippen LogP contribution in [0.15, 0.2) is 212 Å². The first-order valence-electron chi connectivity index (χ1n) is 22.3. The maximum atomic E-state index is 2.45. The molecule has 0 bridgehead atoms. The molecular formula is C62H47N. The van der Waals surface area contributed by atoms with Gasteiger partial charge in [0.1, 0.15) is 0 Å². The molecule has 1 heteroatoms. The number of benzene rings is 10. The molecule has 300 valence electrons. The molecule has 2 aliphatic carbocycles. The smallest absolute Gasteiger partial charge is 0.0540 e. The maximum Gasteiger partial charge on any atom is 0.0540 e. The molecule has 0 fully saturated rings. The molecule has 2 aliphatic rings. The number of hydrogen-bond donors (Lipinski definition) is 0. The minimum Gasteiger partial charge on any atom is -0.310 e. The van der Waals surface area contributed by atoms with Gasteiger partial charge in [-0.15, -0.1) is 0 Å². The Morgan fingerprint density at radius 2 is 0.778 bits per heavy atom. The number of anilines is 3. The fraction of sp³-hybridized carbons (Fsp3) is 0.0968. The standard InChI is InChI=1S/C62H47N/c1-61(2)56-21-10-7-16-50(56)52-37-31-44(39-58(52)61)41-28-34-47(35-29-41)63(46-32-26-40(27-33-46)43-30-36-49-45(38-43)25-24-42-14-5-6-15-48(42)49)59-23-12-9-18-53(59)55-20-13-19-54-51-17-8-11-22-57(51)62(3,4)60(54)55/h5-39H,1-4H3. The number of nitrogens with zero attached hydrogens (tertiary/aromatic N) is 1. The van der Waals surface area contributed by atoms with E-state index in [4.69, 9.17) is 0 Å². The van der Waals surface area contributed by atoms with E-state index in [2.05, 4.69) is 245 Å². The van der Waals surface area contributed by atoms with Gasteiger partial charge in [0.05, 0.1) is 5.69 Å². The lowest BCUT2D eigenvalue weighted by Gasteiger charge is -2.30. The second kappa shape index (κ2) is 14.0. The van der Waals surface area contributed by atoms with Crippen molar-refractivity contribution in [3.63, 3.8) is 0 Å². The third kappa shape index (κ3) is 5.76. The molecule has 0 amide bonds. The fourth-order valence-corrected chi connectivity index (χ4v) is 11.1. The summed E-state index contributed by atoms with van der Waals surface area (Å²) in [5.74, 6) is 0. The van der Waals surface area contributed by atoms with Crippen LogP contribution in [0.2, 0.25) is 0 Å². The van der Waals surface area contributed by atoms with E-state index >= 15 is 0 Å². The number of para-hydroxylation sites is 1. The Kier molecular flexibility index (Phi) is 8.30. The molecule has 10 aromatic rings. The second-order valence-electron chi connectivity index (χ2n) is 18.5. The Labute approximate surface area is 370 Å². The highest BCUT2D eigenvalue weighted by Gasteiger charge is 2.38. The van der Waals surface area contributed by atoms with E-state index in [1.807, 2.05) is 0 Å². The molecule has 0 radical (unpaired) electrons. The van der Waals surface area contributed by atoms with E-state index in [1.54, 1.807) is 0 Å². The summed E-state index contributed by atoms with van der Waals surface area (Å²) in [4.78, 5) is 2.45. The summed E-state index contributed by atoms with van der Waals surface area (Å²) in [5.41, 5.74) is 21.4. The van der Waals surface area contributed by atoms with Gasteiger partial charge in [0, 0.05) is 27.8 Å². The topological polar surface area (TPSA) is 3.24 Å². The highest BCUT2D eigenvalue weighted by Crippen LogP contribution is 2.54. The normalized spacial score (nSPS) is 14.0.